The number of rotatable bonds is 8. The number of furan rings is 1. The Kier molecular flexibility index (Phi) is 6.51. The normalized spacial score (nSPS) is 12.0. The summed E-state index contributed by atoms with van der Waals surface area (Å²) in [5.41, 5.74) is 0.214. The van der Waals surface area contributed by atoms with E-state index in [0.717, 1.165) is 0 Å². The lowest BCUT2D eigenvalue weighted by molar-refractivity contribution is -0.142. The number of hydrogen-bond donors (Lipinski definition) is 3. The number of nitrogens with zero attached hydrogens (tertiary/aromatic N) is 1. The molecule has 0 aliphatic heterocycles. The van der Waals surface area contributed by atoms with Crippen LogP contribution in [-0.4, -0.2) is 40.5 Å². The van der Waals surface area contributed by atoms with Crippen molar-refractivity contribution >= 4 is 29.1 Å². The Balaban J connectivity index is 1.94. The SMILES string of the molecule is Cc1sc(-c2ccco2)nc1C(=O)NCC(=O)N[C@@H](CC(C)C)C(=O)O. The molecule has 2 heterocycles. The first-order valence-electron chi connectivity index (χ1n) is 8.09. The van der Waals surface area contributed by atoms with Crippen molar-refractivity contribution in [1.82, 2.24) is 15.6 Å². The Bertz CT molecular complexity index is 782. The van der Waals surface area contributed by atoms with Gasteiger partial charge < -0.3 is 20.2 Å². The molecule has 0 aliphatic rings. The molecule has 3 N–H and O–H groups in total. The van der Waals surface area contributed by atoms with Crippen LogP contribution in [0.25, 0.3) is 10.8 Å². The molecule has 140 valence electrons. The number of aromatic nitrogens is 1. The molecule has 0 aliphatic carbocycles. The molecule has 0 spiro atoms. The predicted molar refractivity (Wildman–Crippen MR) is 95.9 cm³/mol. The third-order valence-electron chi connectivity index (χ3n) is 3.49. The number of carboxylic acids is 1. The first-order valence-corrected chi connectivity index (χ1v) is 8.91. The van der Waals surface area contributed by atoms with Crippen LogP contribution in [0.3, 0.4) is 0 Å². The number of nitrogens with one attached hydrogen (secondary N) is 2. The lowest BCUT2D eigenvalue weighted by Gasteiger charge is -2.16. The Morgan fingerprint density at radius 3 is 2.65 bits per heavy atom. The highest BCUT2D eigenvalue weighted by molar-refractivity contribution is 7.15. The maximum Gasteiger partial charge on any atom is 0.326 e. The minimum Gasteiger partial charge on any atom is -0.480 e. The van der Waals surface area contributed by atoms with Crippen LogP contribution in [0.5, 0.6) is 0 Å². The van der Waals surface area contributed by atoms with Gasteiger partial charge in [0, 0.05) is 4.88 Å². The molecule has 2 aromatic heterocycles. The molecule has 2 aromatic rings. The maximum atomic E-state index is 12.3. The van der Waals surface area contributed by atoms with Gasteiger partial charge in [-0.3, -0.25) is 9.59 Å². The number of carbonyl (C=O) groups excluding carboxylic acids is 2. The average Bonchev–Trinajstić information content (AvgIpc) is 3.20. The Morgan fingerprint density at radius 2 is 2.08 bits per heavy atom. The van der Waals surface area contributed by atoms with Gasteiger partial charge in [0.1, 0.15) is 11.7 Å². The van der Waals surface area contributed by atoms with Crippen LogP contribution in [0.15, 0.2) is 22.8 Å². The van der Waals surface area contributed by atoms with Crippen molar-refractivity contribution in [3.63, 3.8) is 0 Å². The van der Waals surface area contributed by atoms with Crippen molar-refractivity contribution in [2.24, 2.45) is 5.92 Å². The minimum absolute atomic E-state index is 0.115. The van der Waals surface area contributed by atoms with E-state index in [0.29, 0.717) is 22.1 Å². The molecule has 0 radical (unpaired) electrons. The smallest absolute Gasteiger partial charge is 0.326 e. The Hall–Kier alpha value is -2.68. The molecular weight excluding hydrogens is 358 g/mol. The number of hydrogen-bond acceptors (Lipinski definition) is 6. The molecule has 9 heteroatoms. The van der Waals surface area contributed by atoms with Gasteiger partial charge >= 0.3 is 5.97 Å². The van der Waals surface area contributed by atoms with E-state index in [1.54, 1.807) is 19.1 Å². The summed E-state index contributed by atoms with van der Waals surface area (Å²) in [6.45, 7) is 5.16. The van der Waals surface area contributed by atoms with Crippen LogP contribution in [0.4, 0.5) is 0 Å². The summed E-state index contributed by atoms with van der Waals surface area (Å²) < 4.78 is 5.26. The third kappa shape index (κ3) is 5.16. The predicted octanol–water partition coefficient (Wildman–Crippen LogP) is 2.06. The van der Waals surface area contributed by atoms with Crippen LogP contribution >= 0.6 is 11.3 Å². The van der Waals surface area contributed by atoms with E-state index in [2.05, 4.69) is 15.6 Å². The molecule has 0 saturated carbocycles. The van der Waals surface area contributed by atoms with Gasteiger partial charge in [0.15, 0.2) is 10.8 Å². The van der Waals surface area contributed by atoms with Crippen molar-refractivity contribution in [1.29, 1.82) is 0 Å². The largest absolute Gasteiger partial charge is 0.480 e. The van der Waals surface area contributed by atoms with Crippen molar-refractivity contribution in [2.75, 3.05) is 6.54 Å². The molecule has 0 fully saturated rings. The zero-order valence-electron chi connectivity index (χ0n) is 14.7. The van der Waals surface area contributed by atoms with E-state index in [1.807, 2.05) is 13.8 Å². The lowest BCUT2D eigenvalue weighted by Crippen LogP contribution is -2.46. The van der Waals surface area contributed by atoms with E-state index in [1.165, 1.54) is 17.6 Å². The highest BCUT2D eigenvalue weighted by Gasteiger charge is 2.22. The van der Waals surface area contributed by atoms with E-state index in [4.69, 9.17) is 9.52 Å². The highest BCUT2D eigenvalue weighted by atomic mass is 32.1. The van der Waals surface area contributed by atoms with Gasteiger partial charge in [-0.25, -0.2) is 9.78 Å². The monoisotopic (exact) mass is 379 g/mol. The van der Waals surface area contributed by atoms with Gasteiger partial charge in [-0.05, 0) is 31.4 Å². The second kappa shape index (κ2) is 8.61. The molecule has 26 heavy (non-hydrogen) atoms. The van der Waals surface area contributed by atoms with Crippen LogP contribution in [0.2, 0.25) is 0 Å². The highest BCUT2D eigenvalue weighted by Crippen LogP contribution is 2.27. The fraction of sp³-hybridized carbons (Fsp3) is 0.412. The third-order valence-corrected chi connectivity index (χ3v) is 4.48. The zero-order chi connectivity index (χ0) is 19.3. The topological polar surface area (TPSA) is 122 Å². The Morgan fingerprint density at radius 1 is 1.35 bits per heavy atom. The van der Waals surface area contributed by atoms with E-state index in [9.17, 15) is 14.4 Å². The molecule has 1 atom stereocenters. The van der Waals surface area contributed by atoms with Crippen molar-refractivity contribution < 1.29 is 23.9 Å². The summed E-state index contributed by atoms with van der Waals surface area (Å²) in [5.74, 6) is -1.48. The number of carbonyl (C=O) groups is 3. The van der Waals surface area contributed by atoms with Gasteiger partial charge in [0.2, 0.25) is 5.91 Å². The van der Waals surface area contributed by atoms with Crippen molar-refractivity contribution in [3.8, 4) is 10.8 Å². The standard InChI is InChI=1S/C17H21N3O5S/c1-9(2)7-11(17(23)24)19-13(21)8-18-15(22)14-10(3)26-16(20-14)12-5-4-6-25-12/h4-6,9,11H,7-8H2,1-3H3,(H,18,22)(H,19,21)(H,23,24)/t11-/m0/s1. The zero-order valence-corrected chi connectivity index (χ0v) is 15.6. The van der Waals surface area contributed by atoms with Crippen molar-refractivity contribution in [2.45, 2.75) is 33.2 Å². The fourth-order valence-corrected chi connectivity index (χ4v) is 3.17. The number of amides is 2. The van der Waals surface area contributed by atoms with Crippen LogP contribution < -0.4 is 10.6 Å². The maximum absolute atomic E-state index is 12.3. The quantitative estimate of drug-likeness (QED) is 0.645. The van der Waals surface area contributed by atoms with Gasteiger partial charge in [-0.1, -0.05) is 13.8 Å². The van der Waals surface area contributed by atoms with E-state index in [-0.39, 0.29) is 18.2 Å². The summed E-state index contributed by atoms with van der Waals surface area (Å²) >= 11 is 1.31. The van der Waals surface area contributed by atoms with E-state index < -0.39 is 23.8 Å². The molecule has 0 bridgehead atoms. The summed E-state index contributed by atoms with van der Waals surface area (Å²) in [7, 11) is 0. The Labute approximate surface area is 154 Å². The van der Waals surface area contributed by atoms with Crippen LogP contribution in [0, 0.1) is 12.8 Å². The molecule has 0 saturated heterocycles. The number of aryl methyl sites for hydroxylation is 1. The molecule has 0 aromatic carbocycles. The lowest BCUT2D eigenvalue weighted by atomic mass is 10.0. The van der Waals surface area contributed by atoms with Gasteiger partial charge in [0.05, 0.1) is 12.8 Å². The minimum atomic E-state index is -1.10. The summed E-state index contributed by atoms with van der Waals surface area (Å²) in [6, 6.07) is 2.49. The first-order chi connectivity index (χ1) is 12.3. The number of thiazole rings is 1. The average molecular weight is 379 g/mol. The molecule has 2 rings (SSSR count). The molecule has 0 unspecified atom stereocenters. The first kappa shape index (κ1) is 19.6. The van der Waals surface area contributed by atoms with Crippen LogP contribution in [-0.2, 0) is 9.59 Å². The van der Waals surface area contributed by atoms with Gasteiger partial charge in [-0.2, -0.15) is 0 Å². The van der Waals surface area contributed by atoms with Crippen LogP contribution in [0.1, 0.15) is 35.6 Å². The second-order valence-corrected chi connectivity index (χ2v) is 7.37. The fourth-order valence-electron chi connectivity index (χ4n) is 2.30. The summed E-state index contributed by atoms with van der Waals surface area (Å²) in [5, 5.41) is 14.6. The molecule has 8 nitrogen and oxygen atoms in total. The van der Waals surface area contributed by atoms with E-state index >= 15 is 0 Å². The van der Waals surface area contributed by atoms with Gasteiger partial charge in [0.25, 0.3) is 5.91 Å². The van der Waals surface area contributed by atoms with Gasteiger partial charge in [-0.15, -0.1) is 11.3 Å². The number of aliphatic carboxylic acids is 1. The van der Waals surface area contributed by atoms with Crippen molar-refractivity contribution in [3.05, 3.63) is 29.0 Å². The summed E-state index contributed by atoms with van der Waals surface area (Å²) in [6.07, 6.45) is 1.83. The molecule has 2 amide bonds. The summed E-state index contributed by atoms with van der Waals surface area (Å²) in [4.78, 5) is 40.3. The second-order valence-electron chi connectivity index (χ2n) is 6.17. The molecular formula is C17H21N3O5S. The number of carboxylic acid groups (broad SMARTS) is 1.